The number of aromatic nitrogens is 5. The number of nitrogens with one attached hydrogen (secondary N) is 2. The second-order valence-corrected chi connectivity index (χ2v) is 10.6. The fourth-order valence-corrected chi connectivity index (χ4v) is 5.07. The highest BCUT2D eigenvalue weighted by Gasteiger charge is 2.47. The van der Waals surface area contributed by atoms with Crippen molar-refractivity contribution >= 4 is 17.6 Å². The third-order valence-corrected chi connectivity index (χ3v) is 7.27. The molecule has 1 aliphatic carbocycles. The van der Waals surface area contributed by atoms with Gasteiger partial charge in [-0.05, 0) is 35.5 Å². The number of fused-ring (bicyclic) bond motifs is 1. The van der Waals surface area contributed by atoms with Gasteiger partial charge in [0.05, 0.1) is 30.7 Å². The van der Waals surface area contributed by atoms with Gasteiger partial charge in [-0.15, -0.1) is 0 Å². The Morgan fingerprint density at radius 3 is 2.62 bits per heavy atom. The highest BCUT2D eigenvalue weighted by Crippen LogP contribution is 2.41. The first kappa shape index (κ1) is 27.7. The van der Waals surface area contributed by atoms with Gasteiger partial charge in [0.1, 0.15) is 11.7 Å². The Labute approximate surface area is 224 Å². The van der Waals surface area contributed by atoms with E-state index in [2.05, 4.69) is 25.7 Å². The summed E-state index contributed by atoms with van der Waals surface area (Å²) in [4.78, 5) is 30.8. The van der Waals surface area contributed by atoms with E-state index in [9.17, 15) is 31.5 Å². The van der Waals surface area contributed by atoms with Crippen molar-refractivity contribution in [3.8, 4) is 0 Å². The molecular weight excluding hydrogens is 543 g/mol. The summed E-state index contributed by atoms with van der Waals surface area (Å²) in [7, 11) is 0. The maximum absolute atomic E-state index is 13.9. The highest BCUT2D eigenvalue weighted by molar-refractivity contribution is 5.93. The molecule has 2 aliphatic rings. The Kier molecular flexibility index (Phi) is 7.12. The van der Waals surface area contributed by atoms with Crippen LogP contribution >= 0.6 is 0 Å². The molecule has 0 spiro atoms. The minimum absolute atomic E-state index is 0.00799. The molecule has 40 heavy (non-hydrogen) atoms. The molecule has 5 rings (SSSR count). The number of hydrogen-bond donors (Lipinski definition) is 2. The molecular formula is C24H27F5N8O3. The van der Waals surface area contributed by atoms with Crippen LogP contribution in [0.5, 0.6) is 0 Å². The summed E-state index contributed by atoms with van der Waals surface area (Å²) < 4.78 is 73.1. The van der Waals surface area contributed by atoms with Gasteiger partial charge in [0.2, 0.25) is 5.92 Å². The predicted octanol–water partition coefficient (Wildman–Crippen LogP) is 3.99. The topological polar surface area (TPSA) is 131 Å². The van der Waals surface area contributed by atoms with Gasteiger partial charge in [-0.1, -0.05) is 19.0 Å². The van der Waals surface area contributed by atoms with E-state index in [1.165, 1.54) is 10.7 Å². The van der Waals surface area contributed by atoms with Crippen LogP contribution in [0.1, 0.15) is 78.9 Å². The molecule has 2 N–H and O–H groups in total. The second-order valence-electron chi connectivity index (χ2n) is 10.6. The number of halogens is 5. The zero-order chi connectivity index (χ0) is 28.8. The third-order valence-electron chi connectivity index (χ3n) is 7.27. The number of amides is 3. The van der Waals surface area contributed by atoms with Crippen LogP contribution in [0.4, 0.5) is 26.7 Å². The van der Waals surface area contributed by atoms with Gasteiger partial charge in [0.15, 0.2) is 11.3 Å². The maximum Gasteiger partial charge on any atom is 0.410 e. The molecule has 0 aromatic carbocycles. The van der Waals surface area contributed by atoms with Gasteiger partial charge < -0.3 is 15.5 Å². The Bertz CT molecular complexity index is 1390. The van der Waals surface area contributed by atoms with Crippen LogP contribution in [-0.2, 0) is 6.54 Å². The summed E-state index contributed by atoms with van der Waals surface area (Å²) in [5, 5.41) is 16.5. The molecule has 3 amide bonds. The lowest BCUT2D eigenvalue weighted by Gasteiger charge is -2.33. The lowest BCUT2D eigenvalue weighted by atomic mass is 9.81. The Balaban J connectivity index is 1.39. The molecule has 0 bridgehead atoms. The van der Waals surface area contributed by atoms with Crippen molar-refractivity contribution in [1.29, 1.82) is 0 Å². The average molecular weight is 571 g/mol. The Morgan fingerprint density at radius 2 is 1.98 bits per heavy atom. The van der Waals surface area contributed by atoms with E-state index in [1.807, 2.05) is 19.2 Å². The molecule has 16 heteroatoms. The van der Waals surface area contributed by atoms with Crippen molar-refractivity contribution < 1.29 is 36.2 Å². The number of alkyl halides is 5. The van der Waals surface area contributed by atoms with E-state index in [-0.39, 0.29) is 49.8 Å². The number of urea groups is 1. The predicted molar refractivity (Wildman–Crippen MR) is 127 cm³/mol. The quantitative estimate of drug-likeness (QED) is 0.411. The van der Waals surface area contributed by atoms with E-state index < -0.39 is 42.7 Å². The van der Waals surface area contributed by atoms with E-state index in [4.69, 9.17) is 4.63 Å². The van der Waals surface area contributed by atoms with Crippen LogP contribution in [0.15, 0.2) is 23.1 Å². The molecule has 0 radical (unpaired) electrons. The zero-order valence-corrected chi connectivity index (χ0v) is 21.6. The molecule has 4 heterocycles. The third kappa shape index (κ3) is 5.70. The molecule has 1 aliphatic heterocycles. The number of carbonyl (C=O) groups is 2. The Hall–Kier alpha value is -3.85. The summed E-state index contributed by atoms with van der Waals surface area (Å²) >= 11 is 0. The fraction of sp³-hybridized carbons (Fsp3) is 0.583. The summed E-state index contributed by atoms with van der Waals surface area (Å²) in [6.45, 7) is 2.97. The summed E-state index contributed by atoms with van der Waals surface area (Å²) in [5.74, 6) is -3.88. The second kappa shape index (κ2) is 10.3. The summed E-state index contributed by atoms with van der Waals surface area (Å²) in [6.07, 6.45) is -1.99. The van der Waals surface area contributed by atoms with Gasteiger partial charge >= 0.3 is 12.2 Å². The number of rotatable bonds is 7. The molecule has 216 valence electrons. The molecule has 2 atom stereocenters. The number of carbonyl (C=O) groups excluding carboxylic acids is 2. The van der Waals surface area contributed by atoms with Gasteiger partial charge in [0, 0.05) is 25.3 Å². The van der Waals surface area contributed by atoms with Crippen molar-refractivity contribution in [2.75, 3.05) is 6.54 Å². The van der Waals surface area contributed by atoms with Crippen LogP contribution in [0.2, 0.25) is 0 Å². The molecule has 1 saturated heterocycles. The van der Waals surface area contributed by atoms with E-state index in [0.717, 1.165) is 4.90 Å². The van der Waals surface area contributed by atoms with Crippen LogP contribution in [0.3, 0.4) is 0 Å². The van der Waals surface area contributed by atoms with Crippen molar-refractivity contribution in [3.05, 3.63) is 41.1 Å². The van der Waals surface area contributed by atoms with E-state index in [0.29, 0.717) is 22.6 Å². The van der Waals surface area contributed by atoms with E-state index in [1.54, 1.807) is 12.3 Å². The minimum Gasteiger partial charge on any atom is -0.342 e. The van der Waals surface area contributed by atoms with Crippen LogP contribution < -0.4 is 10.6 Å². The standard InChI is InChI=1S/C24H27F5N8O3/c1-12(2)18-20(35-40-34-18)21(38)33-19(14-3-5-23(25,26)6-4-14)15-10-37-17(31-15)7-13(8-30-37)9-36-11-16(24(27,28)29)32-22(36)39/h7-8,10,12,14,16,19H,3-6,9,11H2,1-2H3,(H,32,39)(H,33,38)/t16-,19-/m0/s1. The first-order valence-corrected chi connectivity index (χ1v) is 12.8. The summed E-state index contributed by atoms with van der Waals surface area (Å²) in [6, 6.07) is -2.00. The van der Waals surface area contributed by atoms with Crippen LogP contribution in [-0.4, -0.2) is 66.4 Å². The number of nitrogens with zero attached hydrogens (tertiary/aromatic N) is 6. The smallest absolute Gasteiger partial charge is 0.342 e. The van der Waals surface area contributed by atoms with Crippen molar-refractivity contribution in [3.63, 3.8) is 0 Å². The fourth-order valence-electron chi connectivity index (χ4n) is 5.07. The van der Waals surface area contributed by atoms with Crippen LogP contribution in [0, 0.1) is 5.92 Å². The molecule has 1 saturated carbocycles. The molecule has 3 aromatic rings. The molecule has 0 unspecified atom stereocenters. The highest BCUT2D eigenvalue weighted by atomic mass is 19.4. The van der Waals surface area contributed by atoms with Gasteiger partial charge in [-0.2, -0.15) is 18.3 Å². The first-order chi connectivity index (χ1) is 18.8. The monoisotopic (exact) mass is 570 g/mol. The van der Waals surface area contributed by atoms with Crippen molar-refractivity contribution in [2.24, 2.45) is 5.92 Å². The minimum atomic E-state index is -4.56. The lowest BCUT2D eigenvalue weighted by Crippen LogP contribution is -2.40. The normalized spacial score (nSPS) is 20.8. The van der Waals surface area contributed by atoms with Gasteiger partial charge in [-0.25, -0.2) is 27.7 Å². The average Bonchev–Trinajstić information content (AvgIpc) is 3.61. The lowest BCUT2D eigenvalue weighted by molar-refractivity contribution is -0.149. The Morgan fingerprint density at radius 1 is 1.25 bits per heavy atom. The van der Waals surface area contributed by atoms with E-state index >= 15 is 0 Å². The molecule has 2 fully saturated rings. The largest absolute Gasteiger partial charge is 0.410 e. The van der Waals surface area contributed by atoms with Crippen LogP contribution in [0.25, 0.3) is 5.65 Å². The molecule has 11 nitrogen and oxygen atoms in total. The maximum atomic E-state index is 13.9. The zero-order valence-electron chi connectivity index (χ0n) is 21.6. The van der Waals surface area contributed by atoms with Crippen molar-refractivity contribution in [2.45, 2.75) is 76.2 Å². The van der Waals surface area contributed by atoms with Crippen molar-refractivity contribution in [1.82, 2.24) is 40.4 Å². The van der Waals surface area contributed by atoms with Gasteiger partial charge in [-0.3, -0.25) is 4.79 Å². The summed E-state index contributed by atoms with van der Waals surface area (Å²) in [5.41, 5.74) is 1.46. The SMILES string of the molecule is CC(C)c1nonc1C(=O)N[C@H](c1cn2ncc(CN3C[C@@H](C(F)(F)F)NC3=O)cc2n1)C1CCC(F)(F)CC1. The molecule has 3 aromatic heterocycles. The number of imidazole rings is 1. The first-order valence-electron chi connectivity index (χ1n) is 12.8. The number of hydrogen-bond acceptors (Lipinski definition) is 7. The van der Waals surface area contributed by atoms with Gasteiger partial charge in [0.25, 0.3) is 5.91 Å².